The van der Waals surface area contributed by atoms with Gasteiger partial charge in [0.15, 0.2) is 0 Å². The fourth-order valence-electron chi connectivity index (χ4n) is 3.72. The van der Waals surface area contributed by atoms with E-state index in [2.05, 4.69) is 51.3 Å². The van der Waals surface area contributed by atoms with Crippen LogP contribution in [0.15, 0.2) is 0 Å². The molecule has 2 heterocycles. The quantitative estimate of drug-likeness (QED) is 0.730. The Bertz CT molecular complexity index is 464. The summed E-state index contributed by atoms with van der Waals surface area (Å²) in [5.41, 5.74) is 0.362. The summed E-state index contributed by atoms with van der Waals surface area (Å²) < 4.78 is 0. The smallest absolute Gasteiger partial charge is 0.229 e. The first kappa shape index (κ1) is 20.4. The first-order valence-corrected chi connectivity index (χ1v) is 9.76. The molecule has 144 valence electrons. The number of carbonyl (C=O) groups excluding carboxylic acids is 2. The molecule has 0 bridgehead atoms. The largest absolute Gasteiger partial charge is 0.300 e. The number of hydrogen-bond acceptors (Lipinski definition) is 4. The number of likely N-dealkylation sites (tertiary alicyclic amines) is 1. The van der Waals surface area contributed by atoms with Gasteiger partial charge in [0.05, 0.1) is 0 Å². The molecule has 0 atom stereocenters. The maximum atomic E-state index is 12.4. The summed E-state index contributed by atoms with van der Waals surface area (Å²) in [6.07, 6.45) is 1.91. The second-order valence-electron chi connectivity index (χ2n) is 9.98. The van der Waals surface area contributed by atoms with Crippen molar-refractivity contribution in [2.45, 2.75) is 66.3 Å². The van der Waals surface area contributed by atoms with E-state index in [1.165, 1.54) is 4.90 Å². The van der Waals surface area contributed by atoms with Crippen LogP contribution in [0.3, 0.4) is 0 Å². The van der Waals surface area contributed by atoms with E-state index in [0.29, 0.717) is 19.4 Å². The lowest BCUT2D eigenvalue weighted by atomic mass is 9.90. The molecule has 0 unspecified atom stereocenters. The summed E-state index contributed by atoms with van der Waals surface area (Å²) in [5, 5.41) is 0. The maximum absolute atomic E-state index is 12.4. The van der Waals surface area contributed by atoms with Gasteiger partial charge in [-0.3, -0.25) is 19.4 Å². The van der Waals surface area contributed by atoms with E-state index in [0.717, 1.165) is 39.1 Å². The van der Waals surface area contributed by atoms with Crippen molar-refractivity contribution in [3.63, 3.8) is 0 Å². The number of rotatable bonds is 4. The molecule has 0 aromatic carbocycles. The predicted molar refractivity (Wildman–Crippen MR) is 101 cm³/mol. The van der Waals surface area contributed by atoms with Gasteiger partial charge in [0, 0.05) is 57.6 Å². The third kappa shape index (κ3) is 6.07. The van der Waals surface area contributed by atoms with E-state index in [-0.39, 0.29) is 28.7 Å². The normalized spacial score (nSPS) is 22.7. The highest BCUT2D eigenvalue weighted by Crippen LogP contribution is 2.25. The molecule has 5 nitrogen and oxygen atoms in total. The summed E-state index contributed by atoms with van der Waals surface area (Å²) >= 11 is 0. The molecule has 2 aliphatic rings. The zero-order valence-corrected chi connectivity index (χ0v) is 17.1. The summed E-state index contributed by atoms with van der Waals surface area (Å²) in [6.45, 7) is 18.8. The van der Waals surface area contributed by atoms with E-state index in [9.17, 15) is 9.59 Å². The molecular formula is C20H37N3O2. The van der Waals surface area contributed by atoms with Crippen LogP contribution in [0.1, 0.15) is 60.8 Å². The second kappa shape index (κ2) is 7.75. The van der Waals surface area contributed by atoms with Gasteiger partial charge in [-0.05, 0) is 38.5 Å². The third-order valence-corrected chi connectivity index (χ3v) is 5.45. The van der Waals surface area contributed by atoms with Gasteiger partial charge in [-0.2, -0.15) is 0 Å². The third-order valence-electron chi connectivity index (χ3n) is 5.45. The summed E-state index contributed by atoms with van der Waals surface area (Å²) in [6, 6.07) is 0. The van der Waals surface area contributed by atoms with Crippen LogP contribution in [0.25, 0.3) is 0 Å². The molecule has 5 heteroatoms. The van der Waals surface area contributed by atoms with E-state index in [4.69, 9.17) is 0 Å². The van der Waals surface area contributed by atoms with Crippen LogP contribution >= 0.6 is 0 Å². The number of hydrogen-bond donors (Lipinski definition) is 0. The van der Waals surface area contributed by atoms with Gasteiger partial charge in [0.2, 0.25) is 11.8 Å². The van der Waals surface area contributed by atoms with Crippen LogP contribution in [0.2, 0.25) is 0 Å². The maximum Gasteiger partial charge on any atom is 0.229 e. The van der Waals surface area contributed by atoms with Gasteiger partial charge in [0.1, 0.15) is 0 Å². The molecular weight excluding hydrogens is 314 g/mol. The highest BCUT2D eigenvalue weighted by molar-refractivity contribution is 5.97. The highest BCUT2D eigenvalue weighted by atomic mass is 16.2. The number of imide groups is 1. The molecule has 0 aliphatic carbocycles. The van der Waals surface area contributed by atoms with Gasteiger partial charge < -0.3 is 4.90 Å². The molecule has 25 heavy (non-hydrogen) atoms. The lowest BCUT2D eigenvalue weighted by Crippen LogP contribution is -2.55. The summed E-state index contributed by atoms with van der Waals surface area (Å²) in [5.74, 6) is 0.240. The van der Waals surface area contributed by atoms with Crippen molar-refractivity contribution in [1.29, 1.82) is 0 Å². The van der Waals surface area contributed by atoms with Crippen molar-refractivity contribution in [2.24, 2.45) is 11.3 Å². The molecule has 2 amide bonds. The van der Waals surface area contributed by atoms with E-state index in [1.54, 1.807) is 0 Å². The molecule has 0 saturated carbocycles. The topological polar surface area (TPSA) is 43.9 Å². The second-order valence-corrected chi connectivity index (χ2v) is 9.98. The molecule has 0 spiro atoms. The van der Waals surface area contributed by atoms with Crippen molar-refractivity contribution in [1.82, 2.24) is 14.7 Å². The predicted octanol–water partition coefficient (Wildman–Crippen LogP) is 2.60. The molecule has 2 aliphatic heterocycles. The van der Waals surface area contributed by atoms with Crippen LogP contribution in [-0.2, 0) is 9.59 Å². The Hall–Kier alpha value is -0.940. The van der Waals surface area contributed by atoms with Gasteiger partial charge >= 0.3 is 0 Å². The zero-order chi connectivity index (χ0) is 18.8. The van der Waals surface area contributed by atoms with E-state index >= 15 is 0 Å². The van der Waals surface area contributed by atoms with Gasteiger partial charge in [0.25, 0.3) is 0 Å². The Morgan fingerprint density at radius 2 is 1.40 bits per heavy atom. The van der Waals surface area contributed by atoms with Crippen molar-refractivity contribution < 1.29 is 9.59 Å². The standard InChI is InChI=1S/C20H37N3O2/c1-19(2,3)7-8-23-17(24)13-16(14-18(23)25)15-21-9-11-22(12-10-21)20(4,5)6/h16H,7-15H2,1-6H3. The van der Waals surface area contributed by atoms with E-state index in [1.807, 2.05) is 0 Å². The number of nitrogens with zero attached hydrogens (tertiary/aromatic N) is 3. The zero-order valence-electron chi connectivity index (χ0n) is 17.1. The minimum Gasteiger partial charge on any atom is -0.300 e. The van der Waals surface area contributed by atoms with Crippen LogP contribution in [-0.4, -0.2) is 71.3 Å². The molecule has 2 fully saturated rings. The Balaban J connectivity index is 1.81. The first-order chi connectivity index (χ1) is 11.5. The average molecular weight is 352 g/mol. The summed E-state index contributed by atoms with van der Waals surface area (Å²) in [4.78, 5) is 31.3. The Labute approximate surface area is 153 Å². The molecule has 0 radical (unpaired) electrons. The fraction of sp³-hybridized carbons (Fsp3) is 0.900. The fourth-order valence-corrected chi connectivity index (χ4v) is 3.72. The van der Waals surface area contributed by atoms with Crippen molar-refractivity contribution in [3.8, 4) is 0 Å². The van der Waals surface area contributed by atoms with Crippen LogP contribution in [0.5, 0.6) is 0 Å². The van der Waals surface area contributed by atoms with Crippen molar-refractivity contribution in [3.05, 3.63) is 0 Å². The number of amides is 2. The lowest BCUT2D eigenvalue weighted by Gasteiger charge is -2.43. The molecule has 2 saturated heterocycles. The number of piperidine rings is 1. The summed E-state index contributed by atoms with van der Waals surface area (Å²) in [7, 11) is 0. The minimum absolute atomic E-state index is 0.0267. The lowest BCUT2D eigenvalue weighted by molar-refractivity contribution is -0.150. The van der Waals surface area contributed by atoms with Gasteiger partial charge in [-0.25, -0.2) is 0 Å². The molecule has 0 aromatic heterocycles. The Morgan fingerprint density at radius 1 is 0.880 bits per heavy atom. The molecule has 0 aromatic rings. The van der Waals surface area contributed by atoms with Crippen molar-refractivity contribution >= 4 is 11.8 Å². The number of carbonyl (C=O) groups is 2. The SMILES string of the molecule is CC(C)(C)CCN1C(=O)CC(CN2CCN(C(C)(C)C)CC2)CC1=O. The molecule has 0 N–H and O–H groups in total. The van der Waals surface area contributed by atoms with Gasteiger partial charge in [-0.15, -0.1) is 0 Å². The monoisotopic (exact) mass is 351 g/mol. The Morgan fingerprint density at radius 3 is 1.84 bits per heavy atom. The number of piperazine rings is 1. The van der Waals surface area contributed by atoms with Crippen molar-refractivity contribution in [2.75, 3.05) is 39.3 Å². The van der Waals surface area contributed by atoms with Crippen LogP contribution < -0.4 is 0 Å². The first-order valence-electron chi connectivity index (χ1n) is 9.76. The molecule has 2 rings (SSSR count). The van der Waals surface area contributed by atoms with Crippen LogP contribution in [0.4, 0.5) is 0 Å². The highest BCUT2D eigenvalue weighted by Gasteiger charge is 2.34. The average Bonchev–Trinajstić information content (AvgIpc) is 2.44. The van der Waals surface area contributed by atoms with E-state index < -0.39 is 0 Å². The Kier molecular flexibility index (Phi) is 6.31. The minimum atomic E-state index is 0.0267. The van der Waals surface area contributed by atoms with Gasteiger partial charge in [-0.1, -0.05) is 20.8 Å². The van der Waals surface area contributed by atoms with Crippen LogP contribution in [0, 0.1) is 11.3 Å².